The van der Waals surface area contributed by atoms with Crippen molar-refractivity contribution in [1.29, 1.82) is 0 Å². The van der Waals surface area contributed by atoms with Gasteiger partial charge < -0.3 is 10.1 Å². The largest absolute Gasteiger partial charge is 0.370 e. The van der Waals surface area contributed by atoms with Crippen molar-refractivity contribution in [1.82, 2.24) is 5.32 Å². The molecule has 1 rings (SSSR count). The summed E-state index contributed by atoms with van der Waals surface area (Å²) in [5.41, 5.74) is 1.05. The van der Waals surface area contributed by atoms with E-state index >= 15 is 0 Å². The maximum Gasteiger partial charge on any atom is 0.261 e. The van der Waals surface area contributed by atoms with Gasteiger partial charge in [0.2, 0.25) is 0 Å². The lowest BCUT2D eigenvalue weighted by atomic mass is 10.00. The lowest BCUT2D eigenvalue weighted by molar-refractivity contribution is -0.0389. The summed E-state index contributed by atoms with van der Waals surface area (Å²) < 4.78 is 29.6. The number of ether oxygens (including phenoxy) is 1. The Balaban J connectivity index is 2.70. The van der Waals surface area contributed by atoms with Gasteiger partial charge in [-0.1, -0.05) is 37.3 Å². The van der Waals surface area contributed by atoms with Gasteiger partial charge in [-0.2, -0.15) is 0 Å². The number of nitrogens with one attached hydrogen (secondary N) is 1. The summed E-state index contributed by atoms with van der Waals surface area (Å²) in [6, 6.07) is 9.67. The van der Waals surface area contributed by atoms with Crippen LogP contribution in [0.5, 0.6) is 0 Å². The highest BCUT2D eigenvalue weighted by Gasteiger charge is 2.21. The van der Waals surface area contributed by atoms with E-state index in [1.165, 1.54) is 0 Å². The second kappa shape index (κ2) is 7.35. The van der Waals surface area contributed by atoms with Crippen LogP contribution in [0.3, 0.4) is 0 Å². The summed E-state index contributed by atoms with van der Waals surface area (Å²) in [5.74, 6) is 0. The Kier molecular flexibility index (Phi) is 6.08. The number of halogens is 2. The Morgan fingerprint density at radius 2 is 1.88 bits per heavy atom. The third kappa shape index (κ3) is 4.40. The van der Waals surface area contributed by atoms with E-state index in [9.17, 15) is 8.78 Å². The van der Waals surface area contributed by atoms with Crippen molar-refractivity contribution in [2.24, 2.45) is 0 Å². The van der Waals surface area contributed by atoms with Gasteiger partial charge in [0.15, 0.2) is 0 Å². The van der Waals surface area contributed by atoms with Gasteiger partial charge >= 0.3 is 0 Å². The van der Waals surface area contributed by atoms with Crippen molar-refractivity contribution in [3.63, 3.8) is 0 Å². The van der Waals surface area contributed by atoms with Crippen molar-refractivity contribution in [2.45, 2.75) is 31.9 Å². The molecule has 0 aromatic heterocycles. The fraction of sp³-hybridized carbons (Fsp3) is 0.538. The van der Waals surface area contributed by atoms with Crippen LogP contribution >= 0.6 is 0 Å². The van der Waals surface area contributed by atoms with Crippen molar-refractivity contribution < 1.29 is 13.5 Å². The minimum Gasteiger partial charge on any atom is -0.370 e. The van der Waals surface area contributed by atoms with Crippen LogP contribution in [0.2, 0.25) is 0 Å². The van der Waals surface area contributed by atoms with Crippen LogP contribution in [0.1, 0.15) is 24.9 Å². The summed E-state index contributed by atoms with van der Waals surface area (Å²) in [5, 5.41) is 3.12. The van der Waals surface area contributed by atoms with Crippen molar-refractivity contribution in [3.05, 3.63) is 35.9 Å². The molecule has 0 bridgehead atoms. The Morgan fingerprint density at radius 1 is 1.24 bits per heavy atom. The highest BCUT2D eigenvalue weighted by Crippen LogP contribution is 2.21. The number of likely N-dealkylation sites (N-methyl/N-ethyl adjacent to an activating group) is 1. The molecule has 0 saturated carbocycles. The van der Waals surface area contributed by atoms with E-state index in [0.29, 0.717) is 6.42 Å². The zero-order valence-electron chi connectivity index (χ0n) is 10.2. The molecular weight excluding hydrogens is 224 g/mol. The quantitative estimate of drug-likeness (QED) is 0.795. The van der Waals surface area contributed by atoms with Gasteiger partial charge in [-0.05, 0) is 19.0 Å². The molecule has 0 amide bonds. The fourth-order valence-corrected chi connectivity index (χ4v) is 1.87. The zero-order chi connectivity index (χ0) is 12.7. The molecule has 4 heteroatoms. The molecule has 0 heterocycles. The first kappa shape index (κ1) is 14.1. The third-order valence-electron chi connectivity index (χ3n) is 2.68. The van der Waals surface area contributed by atoms with Gasteiger partial charge in [0.05, 0.1) is 12.1 Å². The highest BCUT2D eigenvalue weighted by molar-refractivity contribution is 5.20. The van der Waals surface area contributed by atoms with Crippen LogP contribution in [0.15, 0.2) is 30.3 Å². The molecule has 2 atom stereocenters. The maximum atomic E-state index is 12.2. The molecule has 0 spiro atoms. The SMILES string of the molecule is CCC(OCC(F)F)C(NC)c1ccccc1. The van der Waals surface area contributed by atoms with Gasteiger partial charge in [0.25, 0.3) is 6.43 Å². The van der Waals surface area contributed by atoms with E-state index in [2.05, 4.69) is 5.32 Å². The molecular formula is C13H19F2NO. The molecule has 0 aliphatic heterocycles. The van der Waals surface area contributed by atoms with E-state index < -0.39 is 13.0 Å². The minimum absolute atomic E-state index is 0.0556. The number of alkyl halides is 2. The summed E-state index contributed by atoms with van der Waals surface area (Å²) >= 11 is 0. The predicted octanol–water partition coefficient (Wildman–Crippen LogP) is 3.01. The molecule has 2 unspecified atom stereocenters. The predicted molar refractivity (Wildman–Crippen MR) is 64.3 cm³/mol. The van der Waals surface area contributed by atoms with Crippen LogP contribution in [0.4, 0.5) is 8.78 Å². The van der Waals surface area contributed by atoms with E-state index in [1.807, 2.05) is 44.3 Å². The molecule has 0 aliphatic carbocycles. The third-order valence-corrected chi connectivity index (χ3v) is 2.68. The molecule has 1 aromatic carbocycles. The average molecular weight is 243 g/mol. The second-order valence-electron chi connectivity index (χ2n) is 3.85. The summed E-state index contributed by atoms with van der Waals surface area (Å²) in [6.45, 7) is 1.42. The molecule has 17 heavy (non-hydrogen) atoms. The summed E-state index contributed by atoms with van der Waals surface area (Å²) in [6.07, 6.45) is -1.97. The minimum atomic E-state index is -2.42. The van der Waals surface area contributed by atoms with Gasteiger partial charge in [-0.3, -0.25) is 0 Å². The lowest BCUT2D eigenvalue weighted by Gasteiger charge is -2.26. The normalized spacial score (nSPS) is 14.9. The Hall–Kier alpha value is -1.00. The zero-order valence-corrected chi connectivity index (χ0v) is 10.2. The first-order valence-electron chi connectivity index (χ1n) is 5.81. The standard InChI is InChI=1S/C13H19F2NO/c1-3-11(17-9-12(14)15)13(16-2)10-7-5-4-6-8-10/h4-8,11-13,16H,3,9H2,1-2H3. The molecule has 0 saturated heterocycles. The van der Waals surface area contributed by atoms with E-state index in [0.717, 1.165) is 5.56 Å². The highest BCUT2D eigenvalue weighted by atomic mass is 19.3. The number of rotatable bonds is 7. The smallest absolute Gasteiger partial charge is 0.261 e. The lowest BCUT2D eigenvalue weighted by Crippen LogP contribution is -2.32. The topological polar surface area (TPSA) is 21.3 Å². The molecule has 1 N–H and O–H groups in total. The molecule has 0 aliphatic rings. The Bertz CT molecular complexity index is 306. The summed E-state index contributed by atoms with van der Waals surface area (Å²) in [7, 11) is 1.81. The molecule has 0 fully saturated rings. The second-order valence-corrected chi connectivity index (χ2v) is 3.85. The summed E-state index contributed by atoms with van der Waals surface area (Å²) in [4.78, 5) is 0. The van der Waals surface area contributed by atoms with E-state index in [1.54, 1.807) is 0 Å². The molecule has 0 radical (unpaired) electrons. The van der Waals surface area contributed by atoms with Crippen LogP contribution in [-0.4, -0.2) is 26.2 Å². The van der Waals surface area contributed by atoms with Crippen LogP contribution < -0.4 is 5.32 Å². The Morgan fingerprint density at radius 3 is 2.35 bits per heavy atom. The van der Waals surface area contributed by atoms with Crippen LogP contribution in [0.25, 0.3) is 0 Å². The van der Waals surface area contributed by atoms with Crippen LogP contribution in [-0.2, 0) is 4.74 Å². The number of hydrogen-bond donors (Lipinski definition) is 1. The van der Waals surface area contributed by atoms with Gasteiger partial charge in [-0.25, -0.2) is 8.78 Å². The van der Waals surface area contributed by atoms with Gasteiger partial charge in [0, 0.05) is 0 Å². The van der Waals surface area contributed by atoms with Gasteiger partial charge in [-0.15, -0.1) is 0 Å². The van der Waals surface area contributed by atoms with Crippen molar-refractivity contribution in [2.75, 3.05) is 13.7 Å². The van der Waals surface area contributed by atoms with Gasteiger partial charge in [0.1, 0.15) is 6.61 Å². The fourth-order valence-electron chi connectivity index (χ4n) is 1.87. The first-order chi connectivity index (χ1) is 8.19. The maximum absolute atomic E-state index is 12.2. The molecule has 1 aromatic rings. The number of hydrogen-bond acceptors (Lipinski definition) is 2. The number of benzene rings is 1. The monoisotopic (exact) mass is 243 g/mol. The molecule has 96 valence electrons. The average Bonchev–Trinajstić information content (AvgIpc) is 2.35. The van der Waals surface area contributed by atoms with Crippen molar-refractivity contribution >= 4 is 0 Å². The van der Waals surface area contributed by atoms with E-state index in [4.69, 9.17) is 4.74 Å². The Labute approximate surface area is 101 Å². The van der Waals surface area contributed by atoms with Crippen LogP contribution in [0, 0.1) is 0 Å². The first-order valence-corrected chi connectivity index (χ1v) is 5.81. The van der Waals surface area contributed by atoms with Crippen molar-refractivity contribution in [3.8, 4) is 0 Å². The molecule has 2 nitrogen and oxygen atoms in total. The van der Waals surface area contributed by atoms with E-state index in [-0.39, 0.29) is 12.1 Å².